The summed E-state index contributed by atoms with van der Waals surface area (Å²) in [6.45, 7) is 1.20. The van der Waals surface area contributed by atoms with E-state index < -0.39 is 11.6 Å². The molecule has 0 radical (unpaired) electrons. The highest BCUT2D eigenvalue weighted by Crippen LogP contribution is 2.33. The number of benzene rings is 2. The first-order valence-corrected chi connectivity index (χ1v) is 8.58. The van der Waals surface area contributed by atoms with Crippen LogP contribution in [0.25, 0.3) is 22.4 Å². The SMILES string of the molecule is COCCCNc1cc(-c2cccc(F)c2F)cc(-c2ccccc2O)n1. The Morgan fingerprint density at radius 2 is 1.81 bits per heavy atom. The van der Waals surface area contributed by atoms with E-state index in [0.717, 1.165) is 12.5 Å². The maximum absolute atomic E-state index is 14.3. The molecule has 27 heavy (non-hydrogen) atoms. The van der Waals surface area contributed by atoms with Crippen molar-refractivity contribution in [2.45, 2.75) is 6.42 Å². The molecule has 0 saturated heterocycles. The number of nitrogens with zero attached hydrogens (tertiary/aromatic N) is 1. The predicted molar refractivity (Wildman–Crippen MR) is 102 cm³/mol. The lowest BCUT2D eigenvalue weighted by molar-refractivity contribution is 0.198. The fraction of sp³-hybridized carbons (Fsp3) is 0.190. The van der Waals surface area contributed by atoms with Crippen LogP contribution in [-0.4, -0.2) is 30.4 Å². The first-order valence-electron chi connectivity index (χ1n) is 8.58. The summed E-state index contributed by atoms with van der Waals surface area (Å²) in [7, 11) is 1.63. The second kappa shape index (κ2) is 8.60. The maximum atomic E-state index is 14.3. The monoisotopic (exact) mass is 370 g/mol. The van der Waals surface area contributed by atoms with Gasteiger partial charge in [0.05, 0.1) is 5.69 Å². The molecule has 0 unspecified atom stereocenters. The summed E-state index contributed by atoms with van der Waals surface area (Å²) in [5.74, 6) is -1.27. The number of ether oxygens (including phenoxy) is 1. The predicted octanol–water partition coefficient (Wildman–Crippen LogP) is 4.85. The molecule has 3 aromatic rings. The molecular formula is C21H20F2N2O2. The average molecular weight is 370 g/mol. The van der Waals surface area contributed by atoms with Crippen LogP contribution in [0.1, 0.15) is 6.42 Å². The number of hydrogen-bond acceptors (Lipinski definition) is 4. The van der Waals surface area contributed by atoms with Gasteiger partial charge in [-0.3, -0.25) is 0 Å². The minimum Gasteiger partial charge on any atom is -0.507 e. The molecule has 0 aliphatic rings. The van der Waals surface area contributed by atoms with E-state index in [1.54, 1.807) is 43.5 Å². The highest BCUT2D eigenvalue weighted by Gasteiger charge is 2.14. The zero-order chi connectivity index (χ0) is 19.2. The first-order chi connectivity index (χ1) is 13.1. The average Bonchev–Trinajstić information content (AvgIpc) is 2.67. The van der Waals surface area contributed by atoms with Crippen molar-refractivity contribution in [3.63, 3.8) is 0 Å². The van der Waals surface area contributed by atoms with E-state index in [-0.39, 0.29) is 11.3 Å². The minimum absolute atomic E-state index is 0.0622. The van der Waals surface area contributed by atoms with Gasteiger partial charge in [-0.05, 0) is 42.3 Å². The van der Waals surface area contributed by atoms with Gasteiger partial charge in [-0.15, -0.1) is 0 Å². The number of aromatic hydroxyl groups is 1. The molecule has 2 aromatic carbocycles. The van der Waals surface area contributed by atoms with Crippen molar-refractivity contribution < 1.29 is 18.6 Å². The Morgan fingerprint density at radius 3 is 2.59 bits per heavy atom. The van der Waals surface area contributed by atoms with E-state index in [0.29, 0.717) is 35.8 Å². The molecule has 140 valence electrons. The number of methoxy groups -OCH3 is 1. The Bertz CT molecular complexity index is 932. The molecule has 0 saturated carbocycles. The van der Waals surface area contributed by atoms with E-state index in [4.69, 9.17) is 4.74 Å². The molecule has 4 nitrogen and oxygen atoms in total. The number of aromatic nitrogens is 1. The van der Waals surface area contributed by atoms with Crippen LogP contribution in [-0.2, 0) is 4.74 Å². The second-order valence-corrected chi connectivity index (χ2v) is 6.02. The van der Waals surface area contributed by atoms with Gasteiger partial charge in [-0.25, -0.2) is 13.8 Å². The number of anilines is 1. The molecule has 1 heterocycles. The van der Waals surface area contributed by atoms with E-state index in [1.807, 2.05) is 0 Å². The highest BCUT2D eigenvalue weighted by molar-refractivity contribution is 5.76. The minimum atomic E-state index is -0.919. The van der Waals surface area contributed by atoms with E-state index >= 15 is 0 Å². The van der Waals surface area contributed by atoms with Crippen LogP contribution >= 0.6 is 0 Å². The number of nitrogens with one attached hydrogen (secondary N) is 1. The van der Waals surface area contributed by atoms with Gasteiger partial charge in [0.15, 0.2) is 11.6 Å². The number of para-hydroxylation sites is 1. The fourth-order valence-corrected chi connectivity index (χ4v) is 2.76. The number of rotatable bonds is 7. The van der Waals surface area contributed by atoms with Crippen molar-refractivity contribution in [3.8, 4) is 28.1 Å². The summed E-state index contributed by atoms with van der Waals surface area (Å²) in [6.07, 6.45) is 0.767. The van der Waals surface area contributed by atoms with Crippen molar-refractivity contribution in [1.29, 1.82) is 0 Å². The van der Waals surface area contributed by atoms with Crippen LogP contribution in [0.2, 0.25) is 0 Å². The van der Waals surface area contributed by atoms with Crippen molar-refractivity contribution in [2.24, 2.45) is 0 Å². The Labute approximate surface area is 156 Å². The van der Waals surface area contributed by atoms with Gasteiger partial charge in [0.1, 0.15) is 11.6 Å². The van der Waals surface area contributed by atoms with Crippen LogP contribution in [0, 0.1) is 11.6 Å². The Kier molecular flexibility index (Phi) is 5.98. The number of phenolic OH excluding ortho intramolecular Hbond substituents is 1. The maximum Gasteiger partial charge on any atom is 0.166 e. The molecule has 6 heteroatoms. The number of hydrogen-bond donors (Lipinski definition) is 2. The summed E-state index contributed by atoms with van der Waals surface area (Å²) in [6, 6.07) is 14.1. The van der Waals surface area contributed by atoms with Crippen molar-refractivity contribution in [2.75, 3.05) is 25.6 Å². The van der Waals surface area contributed by atoms with Gasteiger partial charge in [-0.1, -0.05) is 24.3 Å². The largest absolute Gasteiger partial charge is 0.507 e. The Balaban J connectivity index is 2.05. The Morgan fingerprint density at radius 1 is 1.04 bits per heavy atom. The lowest BCUT2D eigenvalue weighted by Gasteiger charge is -2.13. The van der Waals surface area contributed by atoms with Crippen molar-refractivity contribution >= 4 is 5.82 Å². The third-order valence-electron chi connectivity index (χ3n) is 4.10. The van der Waals surface area contributed by atoms with E-state index in [2.05, 4.69) is 10.3 Å². The Hall–Kier alpha value is -2.99. The van der Waals surface area contributed by atoms with Crippen molar-refractivity contribution in [1.82, 2.24) is 4.98 Å². The van der Waals surface area contributed by atoms with Gasteiger partial charge >= 0.3 is 0 Å². The summed E-state index contributed by atoms with van der Waals surface area (Å²) < 4.78 is 33.0. The number of phenols is 1. The third-order valence-corrected chi connectivity index (χ3v) is 4.10. The van der Waals surface area contributed by atoms with Gasteiger partial charge < -0.3 is 15.2 Å². The topological polar surface area (TPSA) is 54.4 Å². The van der Waals surface area contributed by atoms with E-state index in [1.165, 1.54) is 12.1 Å². The van der Waals surface area contributed by atoms with Crippen molar-refractivity contribution in [3.05, 3.63) is 66.2 Å². The van der Waals surface area contributed by atoms with Gasteiger partial charge in [-0.2, -0.15) is 0 Å². The molecule has 0 amide bonds. The molecule has 0 aliphatic heterocycles. The molecule has 0 atom stereocenters. The molecule has 3 rings (SSSR count). The zero-order valence-electron chi connectivity index (χ0n) is 14.9. The molecule has 0 bridgehead atoms. The fourth-order valence-electron chi connectivity index (χ4n) is 2.76. The normalized spacial score (nSPS) is 10.8. The molecule has 0 fully saturated rings. The van der Waals surface area contributed by atoms with Crippen LogP contribution in [0.15, 0.2) is 54.6 Å². The first kappa shape index (κ1) is 18.8. The zero-order valence-corrected chi connectivity index (χ0v) is 14.9. The summed E-state index contributed by atoms with van der Waals surface area (Å²) >= 11 is 0. The van der Waals surface area contributed by atoms with E-state index in [9.17, 15) is 13.9 Å². The molecule has 1 aromatic heterocycles. The van der Waals surface area contributed by atoms with Crippen LogP contribution in [0.3, 0.4) is 0 Å². The quantitative estimate of drug-likeness (QED) is 0.584. The molecule has 0 spiro atoms. The van der Waals surface area contributed by atoms with Crippen LogP contribution in [0.4, 0.5) is 14.6 Å². The molecule has 2 N–H and O–H groups in total. The smallest absolute Gasteiger partial charge is 0.166 e. The number of halogens is 2. The summed E-state index contributed by atoms with van der Waals surface area (Å²) in [5.41, 5.74) is 1.57. The van der Waals surface area contributed by atoms with Crippen LogP contribution in [0.5, 0.6) is 5.75 Å². The highest BCUT2D eigenvalue weighted by atomic mass is 19.2. The molecular weight excluding hydrogens is 350 g/mol. The third kappa shape index (κ3) is 4.41. The lowest BCUT2D eigenvalue weighted by atomic mass is 10.0. The number of pyridine rings is 1. The van der Waals surface area contributed by atoms with Gasteiger partial charge in [0.25, 0.3) is 0 Å². The van der Waals surface area contributed by atoms with Gasteiger partial charge in [0.2, 0.25) is 0 Å². The van der Waals surface area contributed by atoms with Gasteiger partial charge in [0, 0.05) is 31.4 Å². The lowest BCUT2D eigenvalue weighted by Crippen LogP contribution is -2.06. The van der Waals surface area contributed by atoms with Crippen LogP contribution < -0.4 is 5.32 Å². The summed E-state index contributed by atoms with van der Waals surface area (Å²) in [5, 5.41) is 13.3. The molecule has 0 aliphatic carbocycles. The summed E-state index contributed by atoms with van der Waals surface area (Å²) in [4.78, 5) is 4.51. The second-order valence-electron chi connectivity index (χ2n) is 6.02. The standard InChI is InChI=1S/C21H20F2N2O2/c1-27-11-5-10-24-20-13-14(15-7-4-8-17(22)21(15)23)12-18(25-20)16-6-2-3-9-19(16)26/h2-4,6-9,12-13,26H,5,10-11H2,1H3,(H,24,25).